The number of piperidine rings is 1. The molecule has 7 heteroatoms. The summed E-state index contributed by atoms with van der Waals surface area (Å²) in [6.45, 7) is 1.67. The van der Waals surface area contributed by atoms with Crippen molar-refractivity contribution in [2.45, 2.75) is 12.8 Å². The highest BCUT2D eigenvalue weighted by atomic mass is 35.5. The number of nitro groups is 1. The van der Waals surface area contributed by atoms with Gasteiger partial charge in [-0.1, -0.05) is 23.2 Å². The van der Waals surface area contributed by atoms with Crippen LogP contribution in [0.25, 0.3) is 0 Å². The maximum atomic E-state index is 10.7. The van der Waals surface area contributed by atoms with Crippen LogP contribution in [0.15, 0.2) is 12.1 Å². The van der Waals surface area contributed by atoms with Gasteiger partial charge in [-0.25, -0.2) is 0 Å². The minimum Gasteiger partial charge on any atom is -0.396 e. The summed E-state index contributed by atoms with van der Waals surface area (Å²) in [4.78, 5) is 12.2. The Hall–Kier alpha value is -1.04. The molecule has 1 saturated heterocycles. The summed E-state index contributed by atoms with van der Waals surface area (Å²) >= 11 is 12.2. The first-order valence-corrected chi connectivity index (χ1v) is 6.77. The predicted molar refractivity (Wildman–Crippen MR) is 75.1 cm³/mol. The van der Waals surface area contributed by atoms with Gasteiger partial charge >= 0.3 is 0 Å². The number of rotatable bonds is 3. The van der Waals surface area contributed by atoms with Crippen molar-refractivity contribution in [2.75, 3.05) is 24.6 Å². The Morgan fingerprint density at radius 1 is 1.32 bits per heavy atom. The molecule has 1 aliphatic heterocycles. The first-order chi connectivity index (χ1) is 9.02. The number of benzene rings is 1. The molecule has 1 aromatic carbocycles. The minimum absolute atomic E-state index is 0.107. The fraction of sp³-hybridized carbons (Fsp3) is 0.500. The zero-order chi connectivity index (χ0) is 14.0. The quantitative estimate of drug-likeness (QED) is 0.688. The minimum atomic E-state index is -0.514. The molecule has 1 N–H and O–H groups in total. The van der Waals surface area contributed by atoms with Crippen molar-refractivity contribution in [3.05, 3.63) is 32.3 Å². The van der Waals surface area contributed by atoms with Crippen LogP contribution in [-0.2, 0) is 0 Å². The summed E-state index contributed by atoms with van der Waals surface area (Å²) in [5.41, 5.74) is 0.536. The molecule has 0 unspecified atom stereocenters. The molecule has 5 nitrogen and oxygen atoms in total. The van der Waals surface area contributed by atoms with Crippen molar-refractivity contribution < 1.29 is 10.0 Å². The number of nitrogens with zero attached hydrogens (tertiary/aromatic N) is 2. The second kappa shape index (κ2) is 5.94. The van der Waals surface area contributed by atoms with E-state index in [1.807, 2.05) is 4.90 Å². The van der Waals surface area contributed by atoms with E-state index in [2.05, 4.69) is 0 Å². The molecule has 0 aliphatic carbocycles. The fourth-order valence-electron chi connectivity index (χ4n) is 2.30. The second-order valence-corrected chi connectivity index (χ2v) is 5.44. The molecular formula is C12H14Cl2N2O3. The van der Waals surface area contributed by atoms with E-state index in [9.17, 15) is 10.1 Å². The van der Waals surface area contributed by atoms with Gasteiger partial charge in [-0.2, -0.15) is 0 Å². The number of halogens is 2. The van der Waals surface area contributed by atoms with E-state index in [4.69, 9.17) is 28.3 Å². The van der Waals surface area contributed by atoms with Crippen molar-refractivity contribution in [1.29, 1.82) is 0 Å². The van der Waals surface area contributed by atoms with Crippen molar-refractivity contribution >= 4 is 34.6 Å². The number of aliphatic hydroxyl groups is 1. The van der Waals surface area contributed by atoms with Crippen LogP contribution in [0.1, 0.15) is 12.8 Å². The molecule has 104 valence electrons. The van der Waals surface area contributed by atoms with Crippen LogP contribution in [0.4, 0.5) is 11.4 Å². The Kier molecular flexibility index (Phi) is 4.50. The molecule has 0 amide bonds. The van der Waals surface area contributed by atoms with Crippen LogP contribution >= 0.6 is 23.2 Å². The summed E-state index contributed by atoms with van der Waals surface area (Å²) in [6.07, 6.45) is 1.72. The van der Waals surface area contributed by atoms with E-state index >= 15 is 0 Å². The Bertz CT molecular complexity index is 465. The maximum absolute atomic E-state index is 10.7. The van der Waals surface area contributed by atoms with E-state index in [1.54, 1.807) is 0 Å². The van der Waals surface area contributed by atoms with Gasteiger partial charge in [0.05, 0.1) is 20.7 Å². The van der Waals surface area contributed by atoms with Gasteiger partial charge in [0, 0.05) is 31.8 Å². The van der Waals surface area contributed by atoms with E-state index in [0.717, 1.165) is 25.9 Å². The molecule has 1 heterocycles. The molecule has 1 aromatic rings. The molecule has 0 bridgehead atoms. The van der Waals surface area contributed by atoms with Crippen LogP contribution in [0, 0.1) is 16.0 Å². The standard InChI is InChI=1S/C12H14Cl2N2O3/c13-10-5-9(16(18)19)6-11(14)12(10)15-3-1-8(7-17)2-4-15/h5-6,8,17H,1-4,7H2. The van der Waals surface area contributed by atoms with E-state index in [1.165, 1.54) is 12.1 Å². The monoisotopic (exact) mass is 304 g/mol. The van der Waals surface area contributed by atoms with Crippen LogP contribution < -0.4 is 4.90 Å². The normalized spacial score (nSPS) is 16.7. The van der Waals surface area contributed by atoms with Gasteiger partial charge in [-0.3, -0.25) is 10.1 Å². The number of nitro benzene ring substituents is 1. The molecule has 0 spiro atoms. The smallest absolute Gasteiger partial charge is 0.272 e. The van der Waals surface area contributed by atoms with Crippen LogP contribution in [0.5, 0.6) is 0 Å². The maximum Gasteiger partial charge on any atom is 0.272 e. The third kappa shape index (κ3) is 3.11. The SMILES string of the molecule is O=[N+]([O-])c1cc(Cl)c(N2CCC(CO)CC2)c(Cl)c1. The molecule has 2 rings (SSSR count). The Morgan fingerprint density at radius 2 is 1.84 bits per heavy atom. The van der Waals surface area contributed by atoms with Crippen molar-refractivity contribution in [1.82, 2.24) is 0 Å². The van der Waals surface area contributed by atoms with Crippen LogP contribution in [0.3, 0.4) is 0 Å². The van der Waals surface area contributed by atoms with E-state index in [-0.39, 0.29) is 12.3 Å². The van der Waals surface area contributed by atoms with Crippen LogP contribution in [0.2, 0.25) is 10.0 Å². The number of aliphatic hydroxyl groups excluding tert-OH is 1. The van der Waals surface area contributed by atoms with Crippen molar-refractivity contribution in [3.8, 4) is 0 Å². The zero-order valence-electron chi connectivity index (χ0n) is 10.2. The lowest BCUT2D eigenvalue weighted by atomic mass is 9.97. The second-order valence-electron chi connectivity index (χ2n) is 4.63. The zero-order valence-corrected chi connectivity index (χ0v) is 11.7. The highest BCUT2D eigenvalue weighted by Gasteiger charge is 2.24. The number of hydrogen-bond acceptors (Lipinski definition) is 4. The van der Waals surface area contributed by atoms with E-state index < -0.39 is 4.92 Å². The van der Waals surface area contributed by atoms with Crippen LogP contribution in [-0.4, -0.2) is 29.7 Å². The van der Waals surface area contributed by atoms with Gasteiger partial charge in [0.15, 0.2) is 0 Å². The van der Waals surface area contributed by atoms with Crippen molar-refractivity contribution in [3.63, 3.8) is 0 Å². The van der Waals surface area contributed by atoms with Gasteiger partial charge in [0.2, 0.25) is 0 Å². The number of anilines is 1. The topological polar surface area (TPSA) is 66.6 Å². The van der Waals surface area contributed by atoms with Gasteiger partial charge in [0.25, 0.3) is 5.69 Å². The third-order valence-corrected chi connectivity index (χ3v) is 3.98. The van der Waals surface area contributed by atoms with Crippen molar-refractivity contribution in [2.24, 2.45) is 5.92 Å². The largest absolute Gasteiger partial charge is 0.396 e. The van der Waals surface area contributed by atoms with Gasteiger partial charge in [-0.05, 0) is 18.8 Å². The molecule has 0 radical (unpaired) electrons. The average molecular weight is 305 g/mol. The van der Waals surface area contributed by atoms with Gasteiger partial charge in [-0.15, -0.1) is 0 Å². The highest BCUT2D eigenvalue weighted by Crippen LogP contribution is 2.38. The Balaban J connectivity index is 2.24. The summed E-state index contributed by atoms with van der Waals surface area (Å²) in [7, 11) is 0. The molecule has 1 fully saturated rings. The highest BCUT2D eigenvalue weighted by molar-refractivity contribution is 6.39. The Morgan fingerprint density at radius 3 is 2.26 bits per heavy atom. The van der Waals surface area contributed by atoms with Gasteiger partial charge < -0.3 is 10.0 Å². The molecule has 0 saturated carbocycles. The average Bonchev–Trinajstić information content (AvgIpc) is 2.38. The summed E-state index contributed by atoms with van der Waals surface area (Å²) in [6, 6.07) is 2.64. The van der Waals surface area contributed by atoms with Gasteiger partial charge in [0.1, 0.15) is 0 Å². The number of non-ortho nitro benzene ring substituents is 1. The lowest BCUT2D eigenvalue weighted by Crippen LogP contribution is -2.35. The fourth-order valence-corrected chi connectivity index (χ4v) is 3.01. The summed E-state index contributed by atoms with van der Waals surface area (Å²) < 4.78 is 0. The lowest BCUT2D eigenvalue weighted by molar-refractivity contribution is -0.384. The molecule has 0 aromatic heterocycles. The predicted octanol–water partition coefficient (Wildman–Crippen LogP) is 3.11. The Labute approximate surface area is 120 Å². The first kappa shape index (κ1) is 14.4. The lowest BCUT2D eigenvalue weighted by Gasteiger charge is -2.33. The first-order valence-electron chi connectivity index (χ1n) is 6.02. The van der Waals surface area contributed by atoms with E-state index in [0.29, 0.717) is 21.7 Å². The third-order valence-electron chi connectivity index (χ3n) is 3.40. The number of hydrogen-bond donors (Lipinski definition) is 1. The molecule has 1 aliphatic rings. The molecular weight excluding hydrogens is 291 g/mol. The molecule has 0 atom stereocenters. The molecule has 19 heavy (non-hydrogen) atoms. The summed E-state index contributed by atoms with van der Waals surface area (Å²) in [5.74, 6) is 0.312. The summed E-state index contributed by atoms with van der Waals surface area (Å²) in [5, 5.41) is 20.4.